The predicted molar refractivity (Wildman–Crippen MR) is 86.9 cm³/mol. The lowest BCUT2D eigenvalue weighted by atomic mass is 10.0. The van der Waals surface area contributed by atoms with Gasteiger partial charge < -0.3 is 10.2 Å². The highest BCUT2D eigenvalue weighted by Gasteiger charge is 2.25. The molecule has 2 aromatic rings. The van der Waals surface area contributed by atoms with Crippen molar-refractivity contribution in [3.8, 4) is 0 Å². The standard InChI is InChI=1S/C18H18N2O2/c1-13-6-2-4-8-15(13)19-17(21)12-20-16-9-5-3-7-14(16)10-11-18(20)22/h2-9H,10-12H2,1H3,(H,19,21). The molecule has 0 saturated heterocycles. The number of hydrogen-bond donors (Lipinski definition) is 1. The minimum Gasteiger partial charge on any atom is -0.324 e. The Morgan fingerprint density at radius 1 is 1.09 bits per heavy atom. The molecule has 0 bridgehead atoms. The van der Waals surface area contributed by atoms with E-state index in [9.17, 15) is 9.59 Å². The summed E-state index contributed by atoms with van der Waals surface area (Å²) in [4.78, 5) is 26.0. The Hall–Kier alpha value is -2.62. The molecule has 0 fully saturated rings. The number of amides is 2. The number of nitrogens with zero attached hydrogens (tertiary/aromatic N) is 1. The lowest BCUT2D eigenvalue weighted by Gasteiger charge is -2.28. The molecule has 1 heterocycles. The zero-order valence-electron chi connectivity index (χ0n) is 12.5. The topological polar surface area (TPSA) is 49.4 Å². The monoisotopic (exact) mass is 294 g/mol. The Kier molecular flexibility index (Phi) is 3.92. The largest absolute Gasteiger partial charge is 0.324 e. The molecule has 1 aliphatic heterocycles. The van der Waals surface area contributed by atoms with E-state index in [4.69, 9.17) is 0 Å². The third-order valence-corrected chi connectivity index (χ3v) is 3.91. The fourth-order valence-electron chi connectivity index (χ4n) is 2.72. The first-order valence-corrected chi connectivity index (χ1v) is 7.39. The Morgan fingerprint density at radius 3 is 2.64 bits per heavy atom. The van der Waals surface area contributed by atoms with Gasteiger partial charge in [0.2, 0.25) is 11.8 Å². The smallest absolute Gasteiger partial charge is 0.244 e. The van der Waals surface area contributed by atoms with Crippen molar-refractivity contribution in [3.05, 3.63) is 59.7 Å². The van der Waals surface area contributed by atoms with E-state index in [2.05, 4.69) is 5.32 Å². The Balaban J connectivity index is 1.77. The van der Waals surface area contributed by atoms with Gasteiger partial charge >= 0.3 is 0 Å². The summed E-state index contributed by atoms with van der Waals surface area (Å²) in [5.74, 6) is -0.182. The van der Waals surface area contributed by atoms with Crippen LogP contribution in [0.4, 0.5) is 11.4 Å². The summed E-state index contributed by atoms with van der Waals surface area (Å²) in [5.41, 5.74) is 3.75. The number of carbonyl (C=O) groups excluding carboxylic acids is 2. The van der Waals surface area contributed by atoms with Gasteiger partial charge in [-0.3, -0.25) is 9.59 Å². The van der Waals surface area contributed by atoms with Gasteiger partial charge in [0.05, 0.1) is 0 Å². The van der Waals surface area contributed by atoms with E-state index >= 15 is 0 Å². The van der Waals surface area contributed by atoms with Gasteiger partial charge in [-0.15, -0.1) is 0 Å². The molecule has 4 nitrogen and oxygen atoms in total. The maximum Gasteiger partial charge on any atom is 0.244 e. The second-order valence-electron chi connectivity index (χ2n) is 5.47. The van der Waals surface area contributed by atoms with Gasteiger partial charge in [-0.25, -0.2) is 0 Å². The van der Waals surface area contributed by atoms with E-state index in [-0.39, 0.29) is 18.4 Å². The molecule has 3 rings (SSSR count). The normalized spacial score (nSPS) is 13.7. The number of fused-ring (bicyclic) bond motifs is 1. The van der Waals surface area contributed by atoms with Crippen molar-refractivity contribution in [1.82, 2.24) is 0 Å². The molecule has 0 atom stereocenters. The van der Waals surface area contributed by atoms with Crippen LogP contribution >= 0.6 is 0 Å². The average Bonchev–Trinajstić information content (AvgIpc) is 2.52. The van der Waals surface area contributed by atoms with Crippen LogP contribution in [0.25, 0.3) is 0 Å². The lowest BCUT2D eigenvalue weighted by Crippen LogP contribution is -2.40. The maximum atomic E-state index is 12.3. The van der Waals surface area contributed by atoms with Crippen molar-refractivity contribution in [3.63, 3.8) is 0 Å². The van der Waals surface area contributed by atoms with Crippen LogP contribution in [0.15, 0.2) is 48.5 Å². The van der Waals surface area contributed by atoms with Gasteiger partial charge in [0.25, 0.3) is 0 Å². The molecule has 2 amide bonds. The molecular weight excluding hydrogens is 276 g/mol. The predicted octanol–water partition coefficient (Wildman–Crippen LogP) is 2.91. The number of benzene rings is 2. The number of anilines is 2. The van der Waals surface area contributed by atoms with Gasteiger partial charge in [-0.1, -0.05) is 36.4 Å². The van der Waals surface area contributed by atoms with Gasteiger partial charge in [-0.2, -0.15) is 0 Å². The molecule has 0 spiro atoms. The summed E-state index contributed by atoms with van der Waals surface area (Å²) in [6.07, 6.45) is 1.19. The van der Waals surface area contributed by atoms with Crippen molar-refractivity contribution in [2.45, 2.75) is 19.8 Å². The Labute approximate surface area is 129 Å². The molecule has 112 valence electrons. The van der Waals surface area contributed by atoms with Crippen molar-refractivity contribution < 1.29 is 9.59 Å². The minimum absolute atomic E-state index is 0.00127. The van der Waals surface area contributed by atoms with Gasteiger partial charge in [0, 0.05) is 17.8 Å². The second kappa shape index (κ2) is 6.02. The molecule has 22 heavy (non-hydrogen) atoms. The van der Waals surface area contributed by atoms with Crippen LogP contribution in [-0.4, -0.2) is 18.4 Å². The summed E-state index contributed by atoms with van der Waals surface area (Å²) >= 11 is 0. The molecule has 2 aromatic carbocycles. The fraction of sp³-hybridized carbons (Fsp3) is 0.222. The Morgan fingerprint density at radius 2 is 1.82 bits per heavy atom. The van der Waals surface area contributed by atoms with E-state index in [1.165, 1.54) is 0 Å². The molecule has 0 aliphatic carbocycles. The summed E-state index contributed by atoms with van der Waals surface area (Å²) in [6, 6.07) is 15.4. The van der Waals surface area contributed by atoms with Crippen molar-refractivity contribution in [2.75, 3.05) is 16.8 Å². The minimum atomic E-state index is -0.181. The molecule has 1 aliphatic rings. The first-order valence-electron chi connectivity index (χ1n) is 7.39. The van der Waals surface area contributed by atoms with Crippen molar-refractivity contribution >= 4 is 23.2 Å². The van der Waals surface area contributed by atoms with E-state index in [0.29, 0.717) is 6.42 Å². The number of hydrogen-bond acceptors (Lipinski definition) is 2. The van der Waals surface area contributed by atoms with E-state index in [1.54, 1.807) is 4.90 Å². The summed E-state index contributed by atoms with van der Waals surface area (Å²) in [6.45, 7) is 1.99. The van der Waals surface area contributed by atoms with Crippen LogP contribution in [0.5, 0.6) is 0 Å². The first kappa shape index (κ1) is 14.3. The molecule has 0 unspecified atom stereocenters. The Bertz CT molecular complexity index is 725. The van der Waals surface area contributed by atoms with E-state index < -0.39 is 0 Å². The highest BCUT2D eigenvalue weighted by Crippen LogP contribution is 2.27. The molecule has 4 heteroatoms. The summed E-state index contributed by atoms with van der Waals surface area (Å²) in [7, 11) is 0. The maximum absolute atomic E-state index is 12.3. The summed E-state index contributed by atoms with van der Waals surface area (Å²) < 4.78 is 0. The molecule has 1 N–H and O–H groups in total. The van der Waals surface area contributed by atoms with Gasteiger partial charge in [0.1, 0.15) is 6.54 Å². The lowest BCUT2D eigenvalue weighted by molar-refractivity contribution is -0.121. The van der Waals surface area contributed by atoms with Crippen LogP contribution < -0.4 is 10.2 Å². The SMILES string of the molecule is Cc1ccccc1NC(=O)CN1C(=O)CCc2ccccc21. The van der Waals surface area contributed by atoms with Crippen molar-refractivity contribution in [2.24, 2.45) is 0 Å². The third kappa shape index (κ3) is 2.86. The summed E-state index contributed by atoms with van der Waals surface area (Å²) in [5, 5.41) is 2.88. The number of carbonyl (C=O) groups is 2. The number of nitrogens with one attached hydrogen (secondary N) is 1. The number of rotatable bonds is 3. The highest BCUT2D eigenvalue weighted by atomic mass is 16.2. The number of aryl methyl sites for hydroxylation is 2. The number of para-hydroxylation sites is 2. The molecule has 0 aromatic heterocycles. The average molecular weight is 294 g/mol. The van der Waals surface area contributed by atoms with E-state index in [1.807, 2.05) is 55.5 Å². The third-order valence-electron chi connectivity index (χ3n) is 3.91. The quantitative estimate of drug-likeness (QED) is 0.946. The van der Waals surface area contributed by atoms with Crippen LogP contribution in [-0.2, 0) is 16.0 Å². The van der Waals surface area contributed by atoms with Crippen LogP contribution in [0.1, 0.15) is 17.5 Å². The molecule has 0 radical (unpaired) electrons. The molecule has 0 saturated carbocycles. The zero-order valence-corrected chi connectivity index (χ0v) is 12.5. The first-order chi connectivity index (χ1) is 10.6. The van der Waals surface area contributed by atoms with Gasteiger partial charge in [0.15, 0.2) is 0 Å². The van der Waals surface area contributed by atoms with E-state index in [0.717, 1.165) is 28.9 Å². The zero-order chi connectivity index (χ0) is 15.5. The van der Waals surface area contributed by atoms with Gasteiger partial charge in [-0.05, 0) is 36.6 Å². The molecular formula is C18H18N2O2. The fourth-order valence-corrected chi connectivity index (χ4v) is 2.72. The second-order valence-corrected chi connectivity index (χ2v) is 5.47. The van der Waals surface area contributed by atoms with Crippen molar-refractivity contribution in [1.29, 1.82) is 0 Å². The van der Waals surface area contributed by atoms with Crippen LogP contribution in [0, 0.1) is 6.92 Å². The highest BCUT2D eigenvalue weighted by molar-refractivity contribution is 6.04. The van der Waals surface area contributed by atoms with Crippen LogP contribution in [0.2, 0.25) is 0 Å². The van der Waals surface area contributed by atoms with Crippen LogP contribution in [0.3, 0.4) is 0 Å².